The molecule has 80 valence electrons. The van der Waals surface area contributed by atoms with E-state index in [1.165, 1.54) is 6.92 Å². The van der Waals surface area contributed by atoms with E-state index >= 15 is 0 Å². The van der Waals surface area contributed by atoms with Crippen molar-refractivity contribution in [3.05, 3.63) is 34.3 Å². The summed E-state index contributed by atoms with van der Waals surface area (Å²) >= 11 is 3.22. The molecule has 0 unspecified atom stereocenters. The van der Waals surface area contributed by atoms with Gasteiger partial charge in [-0.15, -0.1) is 0 Å². The molecule has 1 aromatic rings. The van der Waals surface area contributed by atoms with Gasteiger partial charge in [-0.3, -0.25) is 4.79 Å². The number of halogens is 1. The molecular formula is C11H12BrNO2. The maximum absolute atomic E-state index is 10.6. The number of hydrogen-bond donors (Lipinski definition) is 2. The van der Waals surface area contributed by atoms with E-state index in [2.05, 4.69) is 21.2 Å². The molecule has 15 heavy (non-hydrogen) atoms. The van der Waals surface area contributed by atoms with Crippen molar-refractivity contribution in [1.29, 1.82) is 0 Å². The quantitative estimate of drug-likeness (QED) is 0.885. The predicted octanol–water partition coefficient (Wildman–Crippen LogP) is 2.30. The molecule has 0 saturated carbocycles. The molecule has 1 amide bonds. The van der Waals surface area contributed by atoms with Crippen LogP contribution in [-0.4, -0.2) is 17.6 Å². The number of rotatable bonds is 3. The topological polar surface area (TPSA) is 49.3 Å². The Kier molecular flexibility index (Phi) is 4.37. The number of benzene rings is 1. The Morgan fingerprint density at radius 1 is 1.60 bits per heavy atom. The van der Waals surface area contributed by atoms with Crippen LogP contribution < -0.4 is 5.32 Å². The first-order valence-electron chi connectivity index (χ1n) is 4.49. The van der Waals surface area contributed by atoms with Gasteiger partial charge in [-0.25, -0.2) is 0 Å². The molecule has 0 heterocycles. The zero-order chi connectivity index (χ0) is 11.3. The highest BCUT2D eigenvalue weighted by atomic mass is 79.9. The second-order valence-corrected chi connectivity index (χ2v) is 3.90. The summed E-state index contributed by atoms with van der Waals surface area (Å²) in [6.07, 6.45) is 3.72. The summed E-state index contributed by atoms with van der Waals surface area (Å²) in [5.41, 5.74) is 0.963. The molecule has 0 radical (unpaired) electrons. The SMILES string of the molecule is CC(=O)NCC=Cc1ccc(O)c(Br)c1. The summed E-state index contributed by atoms with van der Waals surface area (Å²) in [6, 6.07) is 5.21. The van der Waals surface area contributed by atoms with E-state index in [9.17, 15) is 9.90 Å². The normalized spacial score (nSPS) is 10.5. The van der Waals surface area contributed by atoms with Gasteiger partial charge < -0.3 is 10.4 Å². The lowest BCUT2D eigenvalue weighted by molar-refractivity contribution is -0.118. The van der Waals surface area contributed by atoms with Crippen molar-refractivity contribution in [2.24, 2.45) is 0 Å². The van der Waals surface area contributed by atoms with E-state index < -0.39 is 0 Å². The average Bonchev–Trinajstić information content (AvgIpc) is 2.18. The maximum Gasteiger partial charge on any atom is 0.217 e. The van der Waals surface area contributed by atoms with Gasteiger partial charge in [-0.1, -0.05) is 18.2 Å². The van der Waals surface area contributed by atoms with Crippen molar-refractivity contribution in [3.63, 3.8) is 0 Å². The molecule has 0 aliphatic heterocycles. The van der Waals surface area contributed by atoms with Crippen LogP contribution in [0.2, 0.25) is 0 Å². The Labute approximate surface area is 96.9 Å². The second kappa shape index (κ2) is 5.56. The van der Waals surface area contributed by atoms with Gasteiger partial charge in [0.25, 0.3) is 0 Å². The Balaban J connectivity index is 2.57. The standard InChI is InChI=1S/C11H12BrNO2/c1-8(14)13-6-2-3-9-4-5-11(15)10(12)7-9/h2-5,7,15H,6H2,1H3,(H,13,14). The molecule has 0 spiro atoms. The smallest absolute Gasteiger partial charge is 0.217 e. The first-order chi connectivity index (χ1) is 7.09. The first kappa shape index (κ1) is 11.8. The van der Waals surface area contributed by atoms with Gasteiger partial charge in [0.1, 0.15) is 5.75 Å². The van der Waals surface area contributed by atoms with E-state index in [0.717, 1.165) is 5.56 Å². The van der Waals surface area contributed by atoms with Crippen LogP contribution in [0.4, 0.5) is 0 Å². The Bertz CT molecular complexity index is 388. The molecule has 2 N–H and O–H groups in total. The maximum atomic E-state index is 10.6. The zero-order valence-electron chi connectivity index (χ0n) is 8.33. The van der Waals surface area contributed by atoms with Crippen LogP contribution in [0.25, 0.3) is 6.08 Å². The highest BCUT2D eigenvalue weighted by Gasteiger charge is 1.96. The number of phenolic OH excluding ortho intramolecular Hbond substituents is 1. The zero-order valence-corrected chi connectivity index (χ0v) is 9.91. The molecule has 1 aromatic carbocycles. The lowest BCUT2D eigenvalue weighted by atomic mass is 10.2. The largest absolute Gasteiger partial charge is 0.507 e. The van der Waals surface area contributed by atoms with Crippen LogP contribution in [0, 0.1) is 0 Å². The molecule has 0 fully saturated rings. The molecular weight excluding hydrogens is 258 g/mol. The van der Waals surface area contributed by atoms with Crippen molar-refractivity contribution in [1.82, 2.24) is 5.32 Å². The lowest BCUT2D eigenvalue weighted by Gasteiger charge is -1.98. The van der Waals surface area contributed by atoms with Crippen molar-refractivity contribution >= 4 is 27.9 Å². The van der Waals surface area contributed by atoms with Gasteiger partial charge in [0.05, 0.1) is 4.47 Å². The van der Waals surface area contributed by atoms with Crippen molar-refractivity contribution in [2.45, 2.75) is 6.92 Å². The summed E-state index contributed by atoms with van der Waals surface area (Å²) < 4.78 is 0.657. The van der Waals surface area contributed by atoms with Crippen LogP contribution in [-0.2, 0) is 4.79 Å². The van der Waals surface area contributed by atoms with Crippen molar-refractivity contribution < 1.29 is 9.90 Å². The summed E-state index contributed by atoms with van der Waals surface area (Å²) in [4.78, 5) is 10.6. The molecule has 0 aromatic heterocycles. The number of aromatic hydroxyl groups is 1. The molecule has 4 heteroatoms. The van der Waals surface area contributed by atoms with E-state index in [0.29, 0.717) is 11.0 Å². The van der Waals surface area contributed by atoms with Gasteiger partial charge >= 0.3 is 0 Å². The fraction of sp³-hybridized carbons (Fsp3) is 0.182. The van der Waals surface area contributed by atoms with Crippen molar-refractivity contribution in [3.8, 4) is 5.75 Å². The Hall–Kier alpha value is -1.29. The lowest BCUT2D eigenvalue weighted by Crippen LogP contribution is -2.19. The van der Waals surface area contributed by atoms with Crippen LogP contribution >= 0.6 is 15.9 Å². The summed E-state index contributed by atoms with van der Waals surface area (Å²) in [5, 5.41) is 11.9. The number of amides is 1. The molecule has 0 aliphatic carbocycles. The fourth-order valence-corrected chi connectivity index (χ4v) is 1.42. The van der Waals surface area contributed by atoms with Gasteiger partial charge in [0.15, 0.2) is 0 Å². The summed E-state index contributed by atoms with van der Waals surface area (Å²) in [5.74, 6) is 0.167. The first-order valence-corrected chi connectivity index (χ1v) is 5.28. The number of hydrogen-bond acceptors (Lipinski definition) is 2. The minimum atomic E-state index is -0.0495. The molecule has 0 atom stereocenters. The third-order valence-corrected chi connectivity index (χ3v) is 2.39. The Morgan fingerprint density at radius 2 is 2.33 bits per heavy atom. The number of carbonyl (C=O) groups excluding carboxylic acids is 1. The average molecular weight is 270 g/mol. The molecule has 1 rings (SSSR count). The van der Waals surface area contributed by atoms with E-state index in [4.69, 9.17) is 0 Å². The van der Waals surface area contributed by atoms with Crippen LogP contribution in [0.3, 0.4) is 0 Å². The van der Waals surface area contributed by atoms with E-state index in [1.54, 1.807) is 18.2 Å². The highest BCUT2D eigenvalue weighted by molar-refractivity contribution is 9.10. The number of phenols is 1. The third-order valence-electron chi connectivity index (χ3n) is 1.75. The van der Waals surface area contributed by atoms with Gasteiger partial charge in [0.2, 0.25) is 5.91 Å². The molecule has 0 aliphatic rings. The summed E-state index contributed by atoms with van der Waals surface area (Å²) in [7, 11) is 0. The minimum absolute atomic E-state index is 0.0495. The van der Waals surface area contributed by atoms with Crippen LogP contribution in [0.5, 0.6) is 5.75 Å². The van der Waals surface area contributed by atoms with Gasteiger partial charge in [0, 0.05) is 13.5 Å². The van der Waals surface area contributed by atoms with Gasteiger partial charge in [-0.2, -0.15) is 0 Å². The molecule has 3 nitrogen and oxygen atoms in total. The van der Waals surface area contributed by atoms with E-state index in [1.807, 2.05) is 12.2 Å². The Morgan fingerprint density at radius 3 is 2.93 bits per heavy atom. The molecule has 0 saturated heterocycles. The minimum Gasteiger partial charge on any atom is -0.507 e. The fourth-order valence-electron chi connectivity index (χ4n) is 1.02. The number of nitrogens with one attached hydrogen (secondary N) is 1. The third kappa shape index (κ3) is 4.16. The summed E-state index contributed by atoms with van der Waals surface area (Å²) in [6.45, 7) is 1.98. The predicted molar refractivity (Wildman–Crippen MR) is 63.5 cm³/mol. The highest BCUT2D eigenvalue weighted by Crippen LogP contribution is 2.24. The van der Waals surface area contributed by atoms with Crippen LogP contribution in [0.15, 0.2) is 28.7 Å². The van der Waals surface area contributed by atoms with E-state index in [-0.39, 0.29) is 11.7 Å². The van der Waals surface area contributed by atoms with Crippen molar-refractivity contribution in [2.75, 3.05) is 6.54 Å². The monoisotopic (exact) mass is 269 g/mol. The molecule has 0 bridgehead atoms. The van der Waals surface area contributed by atoms with Gasteiger partial charge in [-0.05, 0) is 33.6 Å². The van der Waals surface area contributed by atoms with Crippen LogP contribution in [0.1, 0.15) is 12.5 Å². The second-order valence-electron chi connectivity index (χ2n) is 3.05. The number of carbonyl (C=O) groups is 1.